The number of pyridine rings is 1. The van der Waals surface area contributed by atoms with Crippen LogP contribution in [0.3, 0.4) is 0 Å². The molecule has 3 rings (SSSR count). The molecule has 0 spiro atoms. The van der Waals surface area contributed by atoms with Crippen molar-refractivity contribution < 1.29 is 5.11 Å². The first kappa shape index (κ1) is 14.0. The lowest BCUT2D eigenvalue weighted by atomic mass is 10.0. The number of rotatable bonds is 4. The molecule has 2 N–H and O–H groups in total. The van der Waals surface area contributed by atoms with Crippen LogP contribution in [0, 0.1) is 0 Å². The van der Waals surface area contributed by atoms with Crippen molar-refractivity contribution in [2.45, 2.75) is 6.04 Å². The van der Waals surface area contributed by atoms with E-state index < -0.39 is 0 Å². The Kier molecular flexibility index (Phi) is 4.18. The Morgan fingerprint density at radius 2 is 1.95 bits per heavy atom. The van der Waals surface area contributed by atoms with Gasteiger partial charge in [-0.1, -0.05) is 46.3 Å². The van der Waals surface area contributed by atoms with E-state index in [0.29, 0.717) is 0 Å². The SMILES string of the molecule is OCC(Nc1cccc(Br)c1)c1cncc2ccccc12. The van der Waals surface area contributed by atoms with Crippen LogP contribution < -0.4 is 5.32 Å². The predicted octanol–water partition coefficient (Wildman–Crippen LogP) is 4.14. The van der Waals surface area contributed by atoms with E-state index in [9.17, 15) is 5.11 Å². The molecular weight excluding hydrogens is 328 g/mol. The van der Waals surface area contributed by atoms with Gasteiger partial charge in [-0.25, -0.2) is 0 Å². The maximum Gasteiger partial charge on any atom is 0.0765 e. The van der Waals surface area contributed by atoms with Crippen molar-refractivity contribution in [3.63, 3.8) is 0 Å². The molecule has 1 heterocycles. The molecule has 106 valence electrons. The largest absolute Gasteiger partial charge is 0.394 e. The quantitative estimate of drug-likeness (QED) is 0.748. The average molecular weight is 343 g/mol. The van der Waals surface area contributed by atoms with Crippen LogP contribution in [0.2, 0.25) is 0 Å². The lowest BCUT2D eigenvalue weighted by molar-refractivity contribution is 0.276. The second-order valence-corrected chi connectivity index (χ2v) is 5.76. The van der Waals surface area contributed by atoms with Gasteiger partial charge in [0.25, 0.3) is 0 Å². The molecule has 0 fully saturated rings. The van der Waals surface area contributed by atoms with Crippen molar-refractivity contribution in [2.24, 2.45) is 0 Å². The van der Waals surface area contributed by atoms with Crippen LogP contribution >= 0.6 is 15.9 Å². The monoisotopic (exact) mass is 342 g/mol. The van der Waals surface area contributed by atoms with E-state index in [1.807, 2.05) is 54.9 Å². The molecule has 0 saturated carbocycles. The van der Waals surface area contributed by atoms with Crippen LogP contribution in [0.25, 0.3) is 10.8 Å². The molecular formula is C17H15BrN2O. The van der Waals surface area contributed by atoms with Crippen molar-refractivity contribution in [3.8, 4) is 0 Å². The smallest absolute Gasteiger partial charge is 0.0765 e. The molecule has 3 aromatic rings. The van der Waals surface area contributed by atoms with Crippen LogP contribution in [0.5, 0.6) is 0 Å². The summed E-state index contributed by atoms with van der Waals surface area (Å²) in [5.74, 6) is 0. The first-order chi connectivity index (χ1) is 10.3. The van der Waals surface area contributed by atoms with E-state index in [4.69, 9.17) is 0 Å². The summed E-state index contributed by atoms with van der Waals surface area (Å²) in [5, 5.41) is 15.3. The Morgan fingerprint density at radius 3 is 2.76 bits per heavy atom. The van der Waals surface area contributed by atoms with Crippen molar-refractivity contribution in [2.75, 3.05) is 11.9 Å². The van der Waals surface area contributed by atoms with Gasteiger partial charge in [-0.15, -0.1) is 0 Å². The van der Waals surface area contributed by atoms with Crippen molar-refractivity contribution in [1.82, 2.24) is 4.98 Å². The Balaban J connectivity index is 1.98. The van der Waals surface area contributed by atoms with E-state index in [0.717, 1.165) is 26.5 Å². The molecule has 2 aromatic carbocycles. The predicted molar refractivity (Wildman–Crippen MR) is 89.3 cm³/mol. The molecule has 0 bridgehead atoms. The summed E-state index contributed by atoms with van der Waals surface area (Å²) in [4.78, 5) is 4.28. The Bertz CT molecular complexity index is 755. The van der Waals surface area contributed by atoms with Crippen LogP contribution in [0.1, 0.15) is 11.6 Å². The number of benzene rings is 2. The zero-order valence-electron chi connectivity index (χ0n) is 11.3. The van der Waals surface area contributed by atoms with Gasteiger partial charge in [-0.2, -0.15) is 0 Å². The lowest BCUT2D eigenvalue weighted by Gasteiger charge is -2.19. The van der Waals surface area contributed by atoms with Gasteiger partial charge in [0.15, 0.2) is 0 Å². The normalized spacial score (nSPS) is 12.3. The average Bonchev–Trinajstić information content (AvgIpc) is 2.52. The van der Waals surface area contributed by atoms with E-state index >= 15 is 0 Å². The Labute approximate surface area is 131 Å². The van der Waals surface area contributed by atoms with Crippen molar-refractivity contribution >= 4 is 32.4 Å². The third-order valence-corrected chi connectivity index (χ3v) is 3.92. The second kappa shape index (κ2) is 6.24. The van der Waals surface area contributed by atoms with E-state index in [1.54, 1.807) is 0 Å². The number of aliphatic hydroxyl groups is 1. The maximum atomic E-state index is 9.77. The number of fused-ring (bicyclic) bond motifs is 1. The molecule has 0 saturated heterocycles. The highest BCUT2D eigenvalue weighted by Crippen LogP contribution is 2.27. The summed E-state index contributed by atoms with van der Waals surface area (Å²) >= 11 is 3.46. The number of nitrogens with zero attached hydrogens (tertiary/aromatic N) is 1. The van der Waals surface area contributed by atoms with Gasteiger partial charge in [-0.3, -0.25) is 4.98 Å². The highest BCUT2D eigenvalue weighted by molar-refractivity contribution is 9.10. The summed E-state index contributed by atoms with van der Waals surface area (Å²) in [6.45, 7) is 0.00218. The van der Waals surface area contributed by atoms with Gasteiger partial charge in [0.2, 0.25) is 0 Å². The highest BCUT2D eigenvalue weighted by Gasteiger charge is 2.14. The number of halogens is 1. The Hall–Kier alpha value is -1.91. The molecule has 0 radical (unpaired) electrons. The fourth-order valence-corrected chi connectivity index (χ4v) is 2.82. The van der Waals surface area contributed by atoms with Gasteiger partial charge in [0.05, 0.1) is 12.6 Å². The molecule has 0 amide bonds. The summed E-state index contributed by atoms with van der Waals surface area (Å²) in [7, 11) is 0. The van der Waals surface area contributed by atoms with Crippen molar-refractivity contribution in [3.05, 3.63) is 71.0 Å². The number of aliphatic hydroxyl groups excluding tert-OH is 1. The zero-order chi connectivity index (χ0) is 14.7. The van der Waals surface area contributed by atoms with Crippen LogP contribution in [-0.2, 0) is 0 Å². The maximum absolute atomic E-state index is 9.77. The number of nitrogens with one attached hydrogen (secondary N) is 1. The highest BCUT2D eigenvalue weighted by atomic mass is 79.9. The third-order valence-electron chi connectivity index (χ3n) is 3.42. The summed E-state index contributed by atoms with van der Waals surface area (Å²) in [6, 6.07) is 15.8. The summed E-state index contributed by atoms with van der Waals surface area (Å²) in [5.41, 5.74) is 1.95. The van der Waals surface area contributed by atoms with Crippen LogP contribution in [0.15, 0.2) is 65.4 Å². The zero-order valence-corrected chi connectivity index (χ0v) is 12.9. The number of hydrogen-bond acceptors (Lipinski definition) is 3. The minimum absolute atomic E-state index is 0.00218. The number of aromatic nitrogens is 1. The third kappa shape index (κ3) is 3.06. The molecule has 0 aliphatic carbocycles. The van der Waals surface area contributed by atoms with Gasteiger partial charge in [0, 0.05) is 33.5 Å². The summed E-state index contributed by atoms with van der Waals surface area (Å²) in [6.07, 6.45) is 3.65. The van der Waals surface area contributed by atoms with Crippen LogP contribution in [0.4, 0.5) is 5.69 Å². The van der Waals surface area contributed by atoms with Gasteiger partial charge >= 0.3 is 0 Å². The number of hydrogen-bond donors (Lipinski definition) is 2. The molecule has 1 aromatic heterocycles. The fraction of sp³-hybridized carbons (Fsp3) is 0.118. The standard InChI is InChI=1S/C17H15BrN2O/c18-13-5-3-6-14(8-13)20-17(11-21)16-10-19-9-12-4-1-2-7-15(12)16/h1-10,17,20-21H,11H2. The lowest BCUT2D eigenvalue weighted by Crippen LogP contribution is -2.15. The minimum Gasteiger partial charge on any atom is -0.394 e. The van der Waals surface area contributed by atoms with Gasteiger partial charge < -0.3 is 10.4 Å². The molecule has 21 heavy (non-hydrogen) atoms. The molecule has 3 nitrogen and oxygen atoms in total. The first-order valence-electron chi connectivity index (χ1n) is 6.73. The molecule has 0 aliphatic rings. The molecule has 1 unspecified atom stereocenters. The second-order valence-electron chi connectivity index (χ2n) is 4.84. The minimum atomic E-state index is -0.196. The molecule has 0 aliphatic heterocycles. The first-order valence-corrected chi connectivity index (χ1v) is 7.53. The molecule has 4 heteroatoms. The number of anilines is 1. The topological polar surface area (TPSA) is 45.1 Å². The summed E-state index contributed by atoms with van der Waals surface area (Å²) < 4.78 is 1.00. The van der Waals surface area contributed by atoms with Crippen molar-refractivity contribution in [1.29, 1.82) is 0 Å². The van der Waals surface area contributed by atoms with Gasteiger partial charge in [-0.05, 0) is 23.6 Å². The fourth-order valence-electron chi connectivity index (χ4n) is 2.42. The van der Waals surface area contributed by atoms with E-state index in [-0.39, 0.29) is 12.6 Å². The Morgan fingerprint density at radius 1 is 1.10 bits per heavy atom. The molecule has 1 atom stereocenters. The van der Waals surface area contributed by atoms with E-state index in [2.05, 4.69) is 32.3 Å². The van der Waals surface area contributed by atoms with E-state index in [1.165, 1.54) is 0 Å². The van der Waals surface area contributed by atoms with Crippen LogP contribution in [-0.4, -0.2) is 16.7 Å². The van der Waals surface area contributed by atoms with Gasteiger partial charge in [0.1, 0.15) is 0 Å².